The third kappa shape index (κ3) is 5.17. The summed E-state index contributed by atoms with van der Waals surface area (Å²) in [6, 6.07) is 13.9. The number of carbonyl (C=O) groups excluding carboxylic acids is 1. The molecule has 0 spiro atoms. The largest absolute Gasteiger partial charge is 0.497 e. The Labute approximate surface area is 181 Å². The van der Waals surface area contributed by atoms with Crippen molar-refractivity contribution in [3.05, 3.63) is 72.3 Å². The van der Waals surface area contributed by atoms with Crippen LogP contribution < -0.4 is 15.0 Å². The van der Waals surface area contributed by atoms with Gasteiger partial charge < -0.3 is 15.0 Å². The van der Waals surface area contributed by atoms with E-state index in [1.807, 2.05) is 24.3 Å². The first kappa shape index (κ1) is 20.8. The van der Waals surface area contributed by atoms with Gasteiger partial charge in [-0.3, -0.25) is 4.79 Å². The molecule has 1 amide bonds. The number of amides is 1. The zero-order valence-corrected chi connectivity index (χ0v) is 17.4. The molecule has 1 aromatic heterocycles. The van der Waals surface area contributed by atoms with E-state index in [1.54, 1.807) is 31.6 Å². The second-order valence-electron chi connectivity index (χ2n) is 7.63. The predicted octanol–water partition coefficient (Wildman–Crippen LogP) is 3.82. The number of hydrogen-bond acceptors (Lipinski definition) is 5. The lowest BCUT2D eigenvalue weighted by Crippen LogP contribution is -2.43. The van der Waals surface area contributed by atoms with Crippen molar-refractivity contribution < 1.29 is 13.9 Å². The second-order valence-corrected chi connectivity index (χ2v) is 7.63. The van der Waals surface area contributed by atoms with E-state index in [0.717, 1.165) is 41.8 Å². The maximum absolute atomic E-state index is 13.1. The van der Waals surface area contributed by atoms with Gasteiger partial charge in [-0.05, 0) is 48.2 Å². The number of nitrogens with zero attached hydrogens (tertiary/aromatic N) is 3. The van der Waals surface area contributed by atoms with Crippen LogP contribution in [0.3, 0.4) is 0 Å². The molecule has 4 rings (SSSR count). The van der Waals surface area contributed by atoms with Gasteiger partial charge in [0.2, 0.25) is 11.9 Å². The summed E-state index contributed by atoms with van der Waals surface area (Å²) in [5, 5.41) is 3.04. The lowest BCUT2D eigenvalue weighted by Gasteiger charge is -2.32. The molecule has 3 aromatic rings. The maximum Gasteiger partial charge on any atom is 0.225 e. The van der Waals surface area contributed by atoms with Crippen LogP contribution in [-0.2, 0) is 11.3 Å². The van der Waals surface area contributed by atoms with Gasteiger partial charge in [0.15, 0.2) is 0 Å². The molecule has 0 bridgehead atoms. The lowest BCUT2D eigenvalue weighted by atomic mass is 9.97. The number of nitrogens with one attached hydrogen (secondary N) is 1. The van der Waals surface area contributed by atoms with E-state index in [9.17, 15) is 9.18 Å². The van der Waals surface area contributed by atoms with Crippen molar-refractivity contribution >= 4 is 11.9 Å². The van der Waals surface area contributed by atoms with E-state index in [1.165, 1.54) is 12.1 Å². The van der Waals surface area contributed by atoms with Crippen molar-refractivity contribution in [3.8, 4) is 16.9 Å². The molecule has 1 atom stereocenters. The van der Waals surface area contributed by atoms with Crippen LogP contribution in [0.15, 0.2) is 60.9 Å². The maximum atomic E-state index is 13.1. The summed E-state index contributed by atoms with van der Waals surface area (Å²) in [6.45, 7) is 1.89. The first-order valence-electron chi connectivity index (χ1n) is 10.4. The molecule has 7 heteroatoms. The molecule has 0 radical (unpaired) electrons. The minimum Gasteiger partial charge on any atom is -0.497 e. The number of rotatable bonds is 6. The molecule has 1 aliphatic rings. The Bertz CT molecular complexity index is 1010. The fourth-order valence-electron chi connectivity index (χ4n) is 3.73. The van der Waals surface area contributed by atoms with E-state index < -0.39 is 0 Å². The van der Waals surface area contributed by atoms with Gasteiger partial charge in [0.05, 0.1) is 13.0 Å². The summed E-state index contributed by atoms with van der Waals surface area (Å²) in [6.07, 6.45) is 5.23. The highest BCUT2D eigenvalue weighted by molar-refractivity contribution is 5.79. The highest BCUT2D eigenvalue weighted by Gasteiger charge is 2.27. The average molecular weight is 420 g/mol. The van der Waals surface area contributed by atoms with Crippen molar-refractivity contribution in [3.63, 3.8) is 0 Å². The minimum atomic E-state index is -0.272. The number of aromatic nitrogens is 2. The van der Waals surface area contributed by atoms with Crippen LogP contribution in [0.2, 0.25) is 0 Å². The fourth-order valence-corrected chi connectivity index (χ4v) is 3.73. The molecule has 1 fully saturated rings. The molecular weight excluding hydrogens is 395 g/mol. The summed E-state index contributed by atoms with van der Waals surface area (Å²) >= 11 is 0. The van der Waals surface area contributed by atoms with Gasteiger partial charge in [-0.1, -0.05) is 24.3 Å². The first-order chi connectivity index (χ1) is 15.1. The molecule has 0 saturated carbocycles. The van der Waals surface area contributed by atoms with Gasteiger partial charge in [-0.15, -0.1) is 0 Å². The Morgan fingerprint density at radius 3 is 2.48 bits per heavy atom. The van der Waals surface area contributed by atoms with Crippen LogP contribution in [0.1, 0.15) is 18.4 Å². The van der Waals surface area contributed by atoms with Crippen LogP contribution in [0.5, 0.6) is 5.75 Å². The Balaban J connectivity index is 1.35. The SMILES string of the molecule is COc1ccc(CNC(=O)[C@@H]2CCCN(c3ncc(-c4ccc(F)cc4)cn3)C2)cc1. The van der Waals surface area contributed by atoms with E-state index in [0.29, 0.717) is 19.0 Å². The molecule has 2 heterocycles. The number of anilines is 1. The van der Waals surface area contributed by atoms with Crippen molar-refractivity contribution in [2.45, 2.75) is 19.4 Å². The van der Waals surface area contributed by atoms with Crippen molar-refractivity contribution in [1.82, 2.24) is 15.3 Å². The van der Waals surface area contributed by atoms with E-state index in [4.69, 9.17) is 4.74 Å². The zero-order valence-electron chi connectivity index (χ0n) is 17.4. The number of benzene rings is 2. The van der Waals surface area contributed by atoms with Crippen molar-refractivity contribution in [2.75, 3.05) is 25.1 Å². The highest BCUT2D eigenvalue weighted by Crippen LogP contribution is 2.23. The number of ether oxygens (including phenoxy) is 1. The number of hydrogen-bond donors (Lipinski definition) is 1. The van der Waals surface area contributed by atoms with Crippen molar-refractivity contribution in [2.24, 2.45) is 5.92 Å². The van der Waals surface area contributed by atoms with Crippen LogP contribution >= 0.6 is 0 Å². The predicted molar refractivity (Wildman–Crippen MR) is 117 cm³/mol. The Morgan fingerprint density at radius 2 is 1.81 bits per heavy atom. The molecule has 160 valence electrons. The summed E-state index contributed by atoms with van der Waals surface area (Å²) in [4.78, 5) is 23.7. The minimum absolute atomic E-state index is 0.0449. The number of carbonyl (C=O) groups is 1. The van der Waals surface area contributed by atoms with Crippen LogP contribution in [0.4, 0.5) is 10.3 Å². The fraction of sp³-hybridized carbons (Fsp3) is 0.292. The smallest absolute Gasteiger partial charge is 0.225 e. The van der Waals surface area contributed by atoms with E-state index >= 15 is 0 Å². The molecular formula is C24H25FN4O2. The third-order valence-electron chi connectivity index (χ3n) is 5.52. The van der Waals surface area contributed by atoms with Crippen LogP contribution in [0, 0.1) is 11.7 Å². The van der Waals surface area contributed by atoms with Gasteiger partial charge in [-0.25, -0.2) is 14.4 Å². The van der Waals surface area contributed by atoms with Gasteiger partial charge in [0, 0.05) is 37.6 Å². The average Bonchev–Trinajstić information content (AvgIpc) is 2.83. The van der Waals surface area contributed by atoms with Gasteiger partial charge in [-0.2, -0.15) is 0 Å². The molecule has 1 saturated heterocycles. The molecule has 0 unspecified atom stereocenters. The number of piperidine rings is 1. The number of methoxy groups -OCH3 is 1. The van der Waals surface area contributed by atoms with Crippen LogP contribution in [-0.4, -0.2) is 36.1 Å². The summed E-state index contributed by atoms with van der Waals surface area (Å²) in [7, 11) is 1.63. The number of halogens is 1. The summed E-state index contributed by atoms with van der Waals surface area (Å²) in [5.41, 5.74) is 2.72. The quantitative estimate of drug-likeness (QED) is 0.657. The normalized spacial score (nSPS) is 16.1. The second kappa shape index (κ2) is 9.55. The Kier molecular flexibility index (Phi) is 6.40. The first-order valence-corrected chi connectivity index (χ1v) is 10.4. The third-order valence-corrected chi connectivity index (χ3v) is 5.52. The zero-order chi connectivity index (χ0) is 21.6. The molecule has 1 aliphatic heterocycles. The standard InChI is InChI=1S/C24H25FN4O2/c1-31-22-10-4-17(5-11-22)13-26-23(30)19-3-2-12-29(16-19)24-27-14-20(15-28-24)18-6-8-21(25)9-7-18/h4-11,14-15,19H,2-3,12-13,16H2,1H3,(H,26,30)/t19-/m1/s1. The Hall–Kier alpha value is -3.48. The van der Waals surface area contributed by atoms with Gasteiger partial charge in [0.1, 0.15) is 11.6 Å². The van der Waals surface area contributed by atoms with Crippen molar-refractivity contribution in [1.29, 1.82) is 0 Å². The molecule has 6 nitrogen and oxygen atoms in total. The monoisotopic (exact) mass is 420 g/mol. The van der Waals surface area contributed by atoms with E-state index in [2.05, 4.69) is 20.2 Å². The highest BCUT2D eigenvalue weighted by atomic mass is 19.1. The molecule has 31 heavy (non-hydrogen) atoms. The summed E-state index contributed by atoms with van der Waals surface area (Å²) < 4.78 is 18.3. The summed E-state index contributed by atoms with van der Waals surface area (Å²) in [5.74, 6) is 1.07. The lowest BCUT2D eigenvalue weighted by molar-refractivity contribution is -0.125. The molecule has 1 N–H and O–H groups in total. The Morgan fingerprint density at radius 1 is 1.10 bits per heavy atom. The molecule has 0 aliphatic carbocycles. The van der Waals surface area contributed by atoms with Crippen LogP contribution in [0.25, 0.3) is 11.1 Å². The van der Waals surface area contributed by atoms with Gasteiger partial charge in [0.25, 0.3) is 0 Å². The van der Waals surface area contributed by atoms with E-state index in [-0.39, 0.29) is 17.6 Å². The van der Waals surface area contributed by atoms with Gasteiger partial charge >= 0.3 is 0 Å². The topological polar surface area (TPSA) is 67.3 Å². The molecule has 2 aromatic carbocycles.